The first-order chi connectivity index (χ1) is 9.80. The van der Waals surface area contributed by atoms with E-state index >= 15 is 0 Å². The first-order valence-electron chi connectivity index (χ1n) is 8.27. The molecule has 2 rings (SSSR count). The SMILES string of the molecule is CCCCn1cc(CC)nc1N1CCCCC1CNC. The van der Waals surface area contributed by atoms with Gasteiger partial charge in [-0.1, -0.05) is 20.3 Å². The van der Waals surface area contributed by atoms with Crippen molar-refractivity contribution in [2.45, 2.75) is 65.0 Å². The van der Waals surface area contributed by atoms with Crippen LogP contribution in [0.3, 0.4) is 0 Å². The molecule has 0 radical (unpaired) electrons. The third kappa shape index (κ3) is 3.54. The molecule has 1 unspecified atom stereocenters. The van der Waals surface area contributed by atoms with E-state index in [1.807, 2.05) is 7.05 Å². The van der Waals surface area contributed by atoms with E-state index in [-0.39, 0.29) is 0 Å². The van der Waals surface area contributed by atoms with Gasteiger partial charge in [0.05, 0.1) is 5.69 Å². The molecule has 1 aliphatic heterocycles. The summed E-state index contributed by atoms with van der Waals surface area (Å²) < 4.78 is 2.39. The van der Waals surface area contributed by atoms with Crippen molar-refractivity contribution in [2.75, 3.05) is 25.0 Å². The molecule has 0 aliphatic carbocycles. The third-order valence-electron chi connectivity index (χ3n) is 4.24. The van der Waals surface area contributed by atoms with E-state index in [0.29, 0.717) is 6.04 Å². The number of aryl methyl sites for hydroxylation is 2. The van der Waals surface area contributed by atoms with Gasteiger partial charge in [0.2, 0.25) is 5.95 Å². The molecule has 1 N–H and O–H groups in total. The highest BCUT2D eigenvalue weighted by atomic mass is 15.3. The zero-order valence-corrected chi connectivity index (χ0v) is 13.4. The molecule has 0 aromatic carbocycles. The molecule has 1 atom stereocenters. The number of unbranched alkanes of at least 4 members (excludes halogenated alkanes) is 1. The van der Waals surface area contributed by atoms with E-state index in [1.165, 1.54) is 43.7 Å². The highest BCUT2D eigenvalue weighted by Gasteiger charge is 2.25. The lowest BCUT2D eigenvalue weighted by molar-refractivity contribution is 0.433. The van der Waals surface area contributed by atoms with Crippen LogP contribution in [0, 0.1) is 0 Å². The summed E-state index contributed by atoms with van der Waals surface area (Å²) in [6, 6.07) is 0.598. The topological polar surface area (TPSA) is 33.1 Å². The lowest BCUT2D eigenvalue weighted by Gasteiger charge is -2.36. The van der Waals surface area contributed by atoms with Crippen LogP contribution in [0.2, 0.25) is 0 Å². The van der Waals surface area contributed by atoms with Crippen LogP contribution in [0.15, 0.2) is 6.20 Å². The van der Waals surface area contributed by atoms with Crippen LogP contribution >= 0.6 is 0 Å². The molecule has 1 aromatic heterocycles. The van der Waals surface area contributed by atoms with Crippen molar-refractivity contribution in [3.63, 3.8) is 0 Å². The Labute approximate surface area is 123 Å². The number of nitrogens with zero attached hydrogens (tertiary/aromatic N) is 3. The third-order valence-corrected chi connectivity index (χ3v) is 4.24. The first-order valence-corrected chi connectivity index (χ1v) is 8.27. The van der Waals surface area contributed by atoms with E-state index in [2.05, 4.69) is 34.8 Å². The van der Waals surface area contributed by atoms with Gasteiger partial charge in [0.15, 0.2) is 0 Å². The van der Waals surface area contributed by atoms with E-state index < -0.39 is 0 Å². The summed E-state index contributed by atoms with van der Waals surface area (Å²) in [4.78, 5) is 7.44. The van der Waals surface area contributed by atoms with Gasteiger partial charge in [0.25, 0.3) is 0 Å². The Morgan fingerprint density at radius 3 is 2.90 bits per heavy atom. The minimum absolute atomic E-state index is 0.598. The molecule has 114 valence electrons. The zero-order valence-electron chi connectivity index (χ0n) is 13.4. The number of hydrogen-bond acceptors (Lipinski definition) is 3. The molecule has 4 heteroatoms. The summed E-state index contributed by atoms with van der Waals surface area (Å²) >= 11 is 0. The fraction of sp³-hybridized carbons (Fsp3) is 0.812. The second-order valence-electron chi connectivity index (χ2n) is 5.83. The summed E-state index contributed by atoms with van der Waals surface area (Å²) in [6.07, 6.45) is 9.67. The molecule has 1 aromatic rings. The van der Waals surface area contributed by atoms with Crippen LogP contribution in [0.4, 0.5) is 5.95 Å². The number of aromatic nitrogens is 2. The summed E-state index contributed by atoms with van der Waals surface area (Å²) in [5.74, 6) is 1.20. The largest absolute Gasteiger partial charge is 0.338 e. The van der Waals surface area contributed by atoms with Gasteiger partial charge in [-0.05, 0) is 39.2 Å². The molecule has 1 aliphatic rings. The normalized spacial score (nSPS) is 19.6. The van der Waals surface area contributed by atoms with Crippen molar-refractivity contribution in [3.8, 4) is 0 Å². The predicted molar refractivity (Wildman–Crippen MR) is 85.4 cm³/mol. The molecule has 1 fully saturated rings. The number of hydrogen-bond donors (Lipinski definition) is 1. The fourth-order valence-electron chi connectivity index (χ4n) is 3.06. The number of nitrogens with one attached hydrogen (secondary N) is 1. The number of anilines is 1. The van der Waals surface area contributed by atoms with Crippen LogP contribution in [0.5, 0.6) is 0 Å². The molecule has 0 saturated carbocycles. The molecule has 0 amide bonds. The average Bonchev–Trinajstić information content (AvgIpc) is 2.89. The van der Waals surface area contributed by atoms with E-state index in [0.717, 1.165) is 26.1 Å². The summed E-state index contributed by atoms with van der Waals surface area (Å²) in [5, 5.41) is 3.34. The first kappa shape index (κ1) is 15.4. The van der Waals surface area contributed by atoms with Gasteiger partial charge in [-0.2, -0.15) is 0 Å². The van der Waals surface area contributed by atoms with Crippen LogP contribution in [0.25, 0.3) is 0 Å². The maximum atomic E-state index is 4.90. The second-order valence-corrected chi connectivity index (χ2v) is 5.83. The molecule has 4 nitrogen and oxygen atoms in total. The summed E-state index contributed by atoms with van der Waals surface area (Å²) in [6.45, 7) is 7.75. The van der Waals surface area contributed by atoms with Crippen molar-refractivity contribution in [1.82, 2.24) is 14.9 Å². The maximum absolute atomic E-state index is 4.90. The summed E-state index contributed by atoms with van der Waals surface area (Å²) in [5.41, 5.74) is 1.23. The highest BCUT2D eigenvalue weighted by Crippen LogP contribution is 2.25. The number of likely N-dealkylation sites (N-methyl/N-ethyl adjacent to an activating group) is 1. The standard InChI is InChI=1S/C16H30N4/c1-4-6-10-19-13-14(5-2)18-16(19)20-11-8-7-9-15(20)12-17-3/h13,15,17H,4-12H2,1-3H3. The van der Waals surface area contributed by atoms with Gasteiger partial charge in [0.1, 0.15) is 0 Å². The van der Waals surface area contributed by atoms with Crippen molar-refractivity contribution in [2.24, 2.45) is 0 Å². The Bertz CT molecular complexity index is 397. The number of piperidine rings is 1. The monoisotopic (exact) mass is 278 g/mol. The molecule has 0 bridgehead atoms. The highest BCUT2D eigenvalue weighted by molar-refractivity contribution is 5.36. The molecule has 0 spiro atoms. The Morgan fingerprint density at radius 1 is 1.35 bits per heavy atom. The molecule has 2 heterocycles. The van der Waals surface area contributed by atoms with E-state index in [4.69, 9.17) is 4.98 Å². The van der Waals surface area contributed by atoms with Crippen molar-refractivity contribution in [1.29, 1.82) is 0 Å². The Kier molecular flexibility index (Phi) is 5.89. The summed E-state index contributed by atoms with van der Waals surface area (Å²) in [7, 11) is 2.05. The predicted octanol–water partition coefficient (Wildman–Crippen LogP) is 2.82. The molecule has 1 saturated heterocycles. The Morgan fingerprint density at radius 2 is 2.20 bits per heavy atom. The van der Waals surface area contributed by atoms with Crippen LogP contribution in [-0.2, 0) is 13.0 Å². The zero-order chi connectivity index (χ0) is 14.4. The Hall–Kier alpha value is -1.03. The smallest absolute Gasteiger partial charge is 0.206 e. The van der Waals surface area contributed by atoms with Crippen LogP contribution in [-0.4, -0.2) is 35.7 Å². The quantitative estimate of drug-likeness (QED) is 0.832. The Balaban J connectivity index is 2.20. The molecule has 20 heavy (non-hydrogen) atoms. The van der Waals surface area contributed by atoms with E-state index in [9.17, 15) is 0 Å². The molecular weight excluding hydrogens is 248 g/mol. The van der Waals surface area contributed by atoms with Gasteiger partial charge in [-0.3, -0.25) is 0 Å². The average molecular weight is 278 g/mol. The van der Waals surface area contributed by atoms with Gasteiger partial charge in [-0.15, -0.1) is 0 Å². The second kappa shape index (κ2) is 7.67. The fourth-order valence-corrected chi connectivity index (χ4v) is 3.06. The van der Waals surface area contributed by atoms with E-state index in [1.54, 1.807) is 0 Å². The maximum Gasteiger partial charge on any atom is 0.206 e. The van der Waals surface area contributed by atoms with Gasteiger partial charge < -0.3 is 14.8 Å². The number of imidazole rings is 1. The minimum Gasteiger partial charge on any atom is -0.338 e. The van der Waals surface area contributed by atoms with Gasteiger partial charge >= 0.3 is 0 Å². The van der Waals surface area contributed by atoms with Gasteiger partial charge in [-0.25, -0.2) is 4.98 Å². The van der Waals surface area contributed by atoms with Crippen molar-refractivity contribution < 1.29 is 0 Å². The van der Waals surface area contributed by atoms with Gasteiger partial charge in [0, 0.05) is 31.9 Å². The molecular formula is C16H30N4. The lowest BCUT2D eigenvalue weighted by Crippen LogP contribution is -2.46. The van der Waals surface area contributed by atoms with Crippen molar-refractivity contribution in [3.05, 3.63) is 11.9 Å². The lowest BCUT2D eigenvalue weighted by atomic mass is 10.0. The van der Waals surface area contributed by atoms with Crippen LogP contribution in [0.1, 0.15) is 51.6 Å². The van der Waals surface area contributed by atoms with Crippen molar-refractivity contribution >= 4 is 5.95 Å². The van der Waals surface area contributed by atoms with Crippen LogP contribution < -0.4 is 10.2 Å². The number of rotatable bonds is 7. The minimum atomic E-state index is 0.598.